The summed E-state index contributed by atoms with van der Waals surface area (Å²) in [6.45, 7) is 6.17. The van der Waals surface area contributed by atoms with Crippen molar-refractivity contribution in [3.8, 4) is 0 Å². The van der Waals surface area contributed by atoms with E-state index >= 15 is 4.39 Å². The standard InChI is InChI=1S/C27H35FN6O4/c1-27(2,3)38-26(37)33-11-9-22(21(28)16-33)32-23-13-18(31-15-20(23)25(29)36)12-17-7-8-19(14-30-17)34-10-5-4-6-24(34)35/h7-8,13-15,21-22H,4-6,9-12,16H2,1-3H3,(H2,29,36)(H,31,32)/t21-,22+/m0/s1. The number of primary amides is 1. The molecule has 0 bridgehead atoms. The highest BCUT2D eigenvalue weighted by Crippen LogP contribution is 2.25. The molecule has 3 N–H and O–H groups in total. The lowest BCUT2D eigenvalue weighted by atomic mass is 10.0. The van der Waals surface area contributed by atoms with Gasteiger partial charge < -0.3 is 25.6 Å². The molecule has 2 aliphatic heterocycles. The number of aromatic nitrogens is 2. The van der Waals surface area contributed by atoms with E-state index in [0.29, 0.717) is 43.7 Å². The smallest absolute Gasteiger partial charge is 0.410 e. The molecule has 0 radical (unpaired) electrons. The number of carbonyl (C=O) groups excluding carboxylic acids is 3. The number of nitrogens with zero attached hydrogens (tertiary/aromatic N) is 4. The molecule has 0 saturated carbocycles. The van der Waals surface area contributed by atoms with Gasteiger partial charge in [-0.15, -0.1) is 0 Å². The fourth-order valence-corrected chi connectivity index (χ4v) is 4.62. The van der Waals surface area contributed by atoms with Crippen LogP contribution >= 0.6 is 0 Å². The molecule has 38 heavy (non-hydrogen) atoms. The number of pyridine rings is 2. The minimum Gasteiger partial charge on any atom is -0.444 e. The second kappa shape index (κ2) is 11.3. The number of amides is 3. The molecule has 0 aliphatic carbocycles. The number of hydrogen-bond donors (Lipinski definition) is 2. The number of rotatable bonds is 6. The van der Waals surface area contributed by atoms with E-state index in [2.05, 4.69) is 15.3 Å². The van der Waals surface area contributed by atoms with Crippen LogP contribution in [0.25, 0.3) is 0 Å². The van der Waals surface area contributed by atoms with Crippen molar-refractivity contribution < 1.29 is 23.5 Å². The summed E-state index contributed by atoms with van der Waals surface area (Å²) in [7, 11) is 0. The maximum absolute atomic E-state index is 15.1. The van der Waals surface area contributed by atoms with Gasteiger partial charge in [0.2, 0.25) is 5.91 Å². The van der Waals surface area contributed by atoms with Crippen LogP contribution in [0.1, 0.15) is 68.2 Å². The van der Waals surface area contributed by atoms with Crippen LogP contribution in [0, 0.1) is 0 Å². The van der Waals surface area contributed by atoms with Crippen LogP contribution in [-0.2, 0) is 16.0 Å². The molecule has 0 unspecified atom stereocenters. The highest BCUT2D eigenvalue weighted by atomic mass is 19.1. The van der Waals surface area contributed by atoms with E-state index in [1.165, 1.54) is 11.1 Å². The van der Waals surface area contributed by atoms with E-state index in [9.17, 15) is 14.4 Å². The number of alkyl halides is 1. The summed E-state index contributed by atoms with van der Waals surface area (Å²) in [4.78, 5) is 48.5. The van der Waals surface area contributed by atoms with Crippen LogP contribution in [0.15, 0.2) is 30.6 Å². The summed E-state index contributed by atoms with van der Waals surface area (Å²) >= 11 is 0. The Morgan fingerprint density at radius 3 is 2.55 bits per heavy atom. The number of likely N-dealkylation sites (tertiary alicyclic amines) is 1. The molecular weight excluding hydrogens is 491 g/mol. The Morgan fingerprint density at radius 1 is 1.16 bits per heavy atom. The van der Waals surface area contributed by atoms with Gasteiger partial charge in [-0.05, 0) is 58.2 Å². The van der Waals surface area contributed by atoms with Crippen LogP contribution in [0.2, 0.25) is 0 Å². The summed E-state index contributed by atoms with van der Waals surface area (Å²) in [5.41, 5.74) is 7.55. The van der Waals surface area contributed by atoms with Gasteiger partial charge in [-0.3, -0.25) is 19.6 Å². The molecule has 204 valence electrons. The lowest BCUT2D eigenvalue weighted by molar-refractivity contribution is -0.119. The van der Waals surface area contributed by atoms with Crippen molar-refractivity contribution in [3.05, 3.63) is 47.5 Å². The number of ether oxygens (including phenoxy) is 1. The number of piperidine rings is 2. The van der Waals surface area contributed by atoms with Gasteiger partial charge in [0.25, 0.3) is 5.91 Å². The zero-order chi connectivity index (χ0) is 27.4. The van der Waals surface area contributed by atoms with Crippen molar-refractivity contribution in [1.29, 1.82) is 0 Å². The Morgan fingerprint density at radius 2 is 1.92 bits per heavy atom. The van der Waals surface area contributed by atoms with Gasteiger partial charge in [0.05, 0.1) is 35.7 Å². The maximum Gasteiger partial charge on any atom is 0.410 e. The Hall–Kier alpha value is -3.76. The average molecular weight is 527 g/mol. The van der Waals surface area contributed by atoms with E-state index < -0.39 is 29.8 Å². The summed E-state index contributed by atoms with van der Waals surface area (Å²) in [6, 6.07) is 4.77. The van der Waals surface area contributed by atoms with Crippen LogP contribution in [0.4, 0.5) is 20.6 Å². The highest BCUT2D eigenvalue weighted by Gasteiger charge is 2.34. The average Bonchev–Trinajstić information content (AvgIpc) is 2.85. The number of hydrogen-bond acceptors (Lipinski definition) is 7. The minimum atomic E-state index is -1.37. The zero-order valence-corrected chi connectivity index (χ0v) is 22.1. The summed E-state index contributed by atoms with van der Waals surface area (Å²) in [5, 5.41) is 3.11. The number of carbonyl (C=O) groups is 3. The van der Waals surface area contributed by atoms with E-state index in [-0.39, 0.29) is 18.0 Å². The third kappa shape index (κ3) is 6.76. The Kier molecular flexibility index (Phi) is 8.13. The highest BCUT2D eigenvalue weighted by molar-refractivity contribution is 5.98. The van der Waals surface area contributed by atoms with E-state index in [4.69, 9.17) is 10.5 Å². The molecule has 0 spiro atoms. The SMILES string of the molecule is CC(C)(C)OC(=O)N1CC[C@@H](Nc2cc(Cc3ccc(N4CCCCC4=O)cn3)ncc2C(N)=O)[C@@H](F)C1. The predicted molar refractivity (Wildman–Crippen MR) is 141 cm³/mol. The van der Waals surface area contributed by atoms with Crippen molar-refractivity contribution in [2.24, 2.45) is 5.73 Å². The molecule has 4 heterocycles. The quantitative estimate of drug-likeness (QED) is 0.590. The van der Waals surface area contributed by atoms with E-state index in [1.807, 2.05) is 12.1 Å². The maximum atomic E-state index is 15.1. The Balaban J connectivity index is 1.44. The summed E-state index contributed by atoms with van der Waals surface area (Å²) < 4.78 is 20.4. The lowest BCUT2D eigenvalue weighted by Crippen LogP contribution is -2.51. The van der Waals surface area contributed by atoms with Crippen molar-refractivity contribution >= 4 is 29.3 Å². The van der Waals surface area contributed by atoms with Gasteiger partial charge in [0, 0.05) is 43.5 Å². The normalized spacial score (nSPS) is 20.3. The molecule has 2 saturated heterocycles. The minimum absolute atomic E-state index is 0.105. The molecule has 2 atom stereocenters. The largest absolute Gasteiger partial charge is 0.444 e. The molecule has 0 aromatic carbocycles. The molecule has 4 rings (SSSR count). The lowest BCUT2D eigenvalue weighted by Gasteiger charge is -2.36. The molecule has 3 amide bonds. The zero-order valence-electron chi connectivity index (χ0n) is 22.1. The first kappa shape index (κ1) is 27.3. The monoisotopic (exact) mass is 526 g/mol. The van der Waals surface area contributed by atoms with Crippen molar-refractivity contribution in [2.45, 2.75) is 70.7 Å². The summed E-state index contributed by atoms with van der Waals surface area (Å²) in [6.07, 6.45) is 4.27. The molecule has 2 aliphatic rings. The van der Waals surface area contributed by atoms with Gasteiger partial charge >= 0.3 is 6.09 Å². The molecule has 11 heteroatoms. The first-order chi connectivity index (χ1) is 18.0. The van der Waals surface area contributed by atoms with Gasteiger partial charge in [-0.1, -0.05) is 0 Å². The van der Waals surface area contributed by atoms with Gasteiger partial charge in [0.15, 0.2) is 0 Å². The Labute approximate surface area is 221 Å². The molecule has 10 nitrogen and oxygen atoms in total. The second-order valence-corrected chi connectivity index (χ2v) is 10.8. The number of nitrogens with one attached hydrogen (secondary N) is 1. The first-order valence-electron chi connectivity index (χ1n) is 12.9. The topological polar surface area (TPSA) is 131 Å². The van der Waals surface area contributed by atoms with Crippen LogP contribution in [-0.4, -0.2) is 70.2 Å². The Bertz CT molecular complexity index is 1180. The molecule has 2 fully saturated rings. The van der Waals surface area contributed by atoms with Crippen molar-refractivity contribution in [2.75, 3.05) is 29.9 Å². The van der Waals surface area contributed by atoms with Crippen molar-refractivity contribution in [3.63, 3.8) is 0 Å². The third-order valence-corrected chi connectivity index (χ3v) is 6.57. The van der Waals surface area contributed by atoms with Gasteiger partial charge in [-0.2, -0.15) is 0 Å². The molecule has 2 aromatic rings. The van der Waals surface area contributed by atoms with E-state index in [0.717, 1.165) is 24.2 Å². The fraction of sp³-hybridized carbons (Fsp3) is 0.519. The summed E-state index contributed by atoms with van der Waals surface area (Å²) in [5.74, 6) is -0.574. The molecular formula is C27H35FN6O4. The number of halogens is 1. The first-order valence-corrected chi connectivity index (χ1v) is 12.9. The van der Waals surface area contributed by atoms with Crippen molar-refractivity contribution in [1.82, 2.24) is 14.9 Å². The van der Waals surface area contributed by atoms with E-state index in [1.54, 1.807) is 37.9 Å². The van der Waals surface area contributed by atoms with Gasteiger partial charge in [0.1, 0.15) is 11.8 Å². The molecule has 2 aromatic heterocycles. The fourth-order valence-electron chi connectivity index (χ4n) is 4.62. The third-order valence-electron chi connectivity index (χ3n) is 6.57. The van der Waals surface area contributed by atoms with Gasteiger partial charge in [-0.25, -0.2) is 9.18 Å². The number of nitrogens with two attached hydrogens (primary N) is 1. The number of anilines is 2. The van der Waals surface area contributed by atoms with Crippen LogP contribution < -0.4 is 16.0 Å². The second-order valence-electron chi connectivity index (χ2n) is 10.8. The van der Waals surface area contributed by atoms with Crippen LogP contribution in [0.3, 0.4) is 0 Å². The van der Waals surface area contributed by atoms with Crippen LogP contribution in [0.5, 0.6) is 0 Å². The predicted octanol–water partition coefficient (Wildman–Crippen LogP) is 3.44.